The molecule has 0 spiro atoms. The van der Waals surface area contributed by atoms with E-state index in [1.165, 1.54) is 12.1 Å². The van der Waals surface area contributed by atoms with Crippen LogP contribution in [0.5, 0.6) is 0 Å². The highest BCUT2D eigenvalue weighted by atomic mass is 19.1. The number of fused-ring (bicyclic) bond motifs is 2. The van der Waals surface area contributed by atoms with Gasteiger partial charge in [0.05, 0.1) is 28.2 Å². The fourth-order valence-corrected chi connectivity index (χ4v) is 5.66. The van der Waals surface area contributed by atoms with E-state index >= 15 is 0 Å². The summed E-state index contributed by atoms with van der Waals surface area (Å²) in [7, 11) is 0. The lowest BCUT2D eigenvalue weighted by Gasteiger charge is -2.28. The normalized spacial score (nSPS) is 19.9. The number of H-pyrrole nitrogens is 1. The summed E-state index contributed by atoms with van der Waals surface area (Å²) in [6, 6.07) is 19.2. The summed E-state index contributed by atoms with van der Waals surface area (Å²) in [5.74, 6) is 0.989. The third kappa shape index (κ3) is 3.54. The van der Waals surface area contributed by atoms with Crippen LogP contribution in [0.3, 0.4) is 0 Å². The number of halogens is 1. The fourth-order valence-electron chi connectivity index (χ4n) is 5.66. The number of carbonyl (C=O) groups excluding carboxylic acids is 1. The number of Topliss-reactive ketones (excluding diaryl/α,β-unsaturated/α-hetero) is 1. The van der Waals surface area contributed by atoms with E-state index in [9.17, 15) is 9.18 Å². The first-order valence-electron chi connectivity index (χ1n) is 12.5. The molecule has 3 aromatic carbocycles. The third-order valence-electron chi connectivity index (χ3n) is 7.80. The molecule has 0 unspecified atom stereocenters. The number of aromatic amines is 1. The van der Waals surface area contributed by atoms with Crippen LogP contribution in [0, 0.1) is 17.2 Å². The Morgan fingerprint density at radius 2 is 1.83 bits per heavy atom. The molecule has 2 N–H and O–H groups in total. The highest BCUT2D eigenvalue weighted by molar-refractivity contribution is 5.90. The highest BCUT2D eigenvalue weighted by Crippen LogP contribution is 2.42. The van der Waals surface area contributed by atoms with Gasteiger partial charge in [0.2, 0.25) is 0 Å². The second-order valence-corrected chi connectivity index (χ2v) is 10.2. The van der Waals surface area contributed by atoms with Gasteiger partial charge in [0, 0.05) is 30.0 Å². The molecule has 7 rings (SSSR count). The van der Waals surface area contributed by atoms with Crippen molar-refractivity contribution < 1.29 is 9.18 Å². The monoisotopic (exact) mass is 479 g/mol. The van der Waals surface area contributed by atoms with E-state index in [1.54, 1.807) is 6.07 Å². The van der Waals surface area contributed by atoms with Crippen LogP contribution in [0.15, 0.2) is 66.9 Å². The van der Waals surface area contributed by atoms with Crippen LogP contribution in [0.2, 0.25) is 0 Å². The van der Waals surface area contributed by atoms with Crippen LogP contribution in [-0.4, -0.2) is 38.6 Å². The molecule has 6 nitrogen and oxygen atoms in total. The molecular weight excluding hydrogens is 453 g/mol. The molecule has 36 heavy (non-hydrogen) atoms. The van der Waals surface area contributed by atoms with Crippen molar-refractivity contribution in [3.8, 4) is 22.5 Å². The standard InChI is InChI=1S/C29H26FN5O/c30-23-8-10-25-26(14-23)35(17-29(11-12-31-16-29)27(36)19-3-4-19)28(33-25)20-5-1-18(2-6-20)21-7-9-24-22(13-21)15-32-34-24/h1-2,5-10,13-15,19,31H,3-4,11-12,16-17H2,(H,32,34)/t29-/m0/s1. The average Bonchev–Trinajstić information content (AvgIpc) is 3.30. The maximum atomic E-state index is 14.3. The molecule has 0 amide bonds. The Labute approximate surface area is 207 Å². The first kappa shape index (κ1) is 21.4. The minimum atomic E-state index is -0.476. The largest absolute Gasteiger partial charge is 0.323 e. The Balaban J connectivity index is 1.31. The minimum Gasteiger partial charge on any atom is -0.323 e. The molecule has 2 aliphatic rings. The molecule has 5 aromatic rings. The Bertz CT molecular complexity index is 1610. The predicted octanol–water partition coefficient (Wildman–Crippen LogP) is 5.34. The van der Waals surface area contributed by atoms with Crippen molar-refractivity contribution in [3.05, 3.63) is 72.7 Å². The molecule has 0 bridgehead atoms. The van der Waals surface area contributed by atoms with Crippen molar-refractivity contribution >= 4 is 27.7 Å². The lowest BCUT2D eigenvalue weighted by atomic mass is 9.80. The number of carbonyl (C=O) groups is 1. The molecule has 7 heteroatoms. The van der Waals surface area contributed by atoms with Gasteiger partial charge in [-0.15, -0.1) is 0 Å². The van der Waals surface area contributed by atoms with Gasteiger partial charge in [0.25, 0.3) is 0 Å². The summed E-state index contributed by atoms with van der Waals surface area (Å²) >= 11 is 0. The van der Waals surface area contributed by atoms with E-state index in [1.807, 2.05) is 12.3 Å². The topological polar surface area (TPSA) is 75.6 Å². The number of nitrogens with one attached hydrogen (secondary N) is 2. The summed E-state index contributed by atoms with van der Waals surface area (Å²) in [5, 5.41) is 11.6. The smallest absolute Gasteiger partial charge is 0.145 e. The fraction of sp³-hybridized carbons (Fsp3) is 0.276. The molecule has 2 aromatic heterocycles. The van der Waals surface area contributed by atoms with E-state index < -0.39 is 5.41 Å². The number of benzene rings is 3. The number of nitrogens with zero attached hydrogens (tertiary/aromatic N) is 3. The molecule has 3 heterocycles. The number of hydrogen-bond donors (Lipinski definition) is 2. The number of hydrogen-bond acceptors (Lipinski definition) is 4. The van der Waals surface area contributed by atoms with Gasteiger partial charge in [0.1, 0.15) is 17.4 Å². The van der Waals surface area contributed by atoms with Gasteiger partial charge in [-0.1, -0.05) is 30.3 Å². The Morgan fingerprint density at radius 1 is 1.03 bits per heavy atom. The van der Waals surface area contributed by atoms with Crippen molar-refractivity contribution in [1.82, 2.24) is 25.1 Å². The molecule has 1 aliphatic heterocycles. The molecule has 2 fully saturated rings. The van der Waals surface area contributed by atoms with Crippen LogP contribution in [0.4, 0.5) is 4.39 Å². The maximum absolute atomic E-state index is 14.3. The number of aromatic nitrogens is 4. The molecule has 180 valence electrons. The summed E-state index contributed by atoms with van der Waals surface area (Å²) < 4.78 is 16.4. The van der Waals surface area contributed by atoms with E-state index in [-0.39, 0.29) is 11.7 Å². The molecule has 1 aliphatic carbocycles. The van der Waals surface area contributed by atoms with Crippen LogP contribution in [0.25, 0.3) is 44.5 Å². The van der Waals surface area contributed by atoms with Gasteiger partial charge in [0.15, 0.2) is 0 Å². The summed E-state index contributed by atoms with van der Waals surface area (Å²) in [6.07, 6.45) is 4.59. The van der Waals surface area contributed by atoms with Crippen LogP contribution in [0.1, 0.15) is 19.3 Å². The predicted molar refractivity (Wildman–Crippen MR) is 138 cm³/mol. The zero-order valence-electron chi connectivity index (χ0n) is 19.8. The second kappa shape index (κ2) is 8.10. The SMILES string of the molecule is O=C(C1CC1)[C@@]1(Cn2c(-c3ccc(-c4ccc5[nH]ncc5c4)cc3)nc3ccc(F)cc32)CCNC1. The van der Waals surface area contributed by atoms with Crippen molar-refractivity contribution in [1.29, 1.82) is 0 Å². The first-order chi connectivity index (χ1) is 17.6. The first-order valence-corrected chi connectivity index (χ1v) is 12.5. The quantitative estimate of drug-likeness (QED) is 0.345. The maximum Gasteiger partial charge on any atom is 0.145 e. The van der Waals surface area contributed by atoms with Gasteiger partial charge < -0.3 is 9.88 Å². The number of imidazole rings is 1. The number of rotatable bonds is 6. The summed E-state index contributed by atoms with van der Waals surface area (Å²) in [6.45, 7) is 1.99. The second-order valence-electron chi connectivity index (χ2n) is 10.2. The van der Waals surface area contributed by atoms with Gasteiger partial charge in [-0.05, 0) is 67.3 Å². The zero-order valence-corrected chi connectivity index (χ0v) is 19.8. The van der Waals surface area contributed by atoms with Gasteiger partial charge in [-0.2, -0.15) is 5.10 Å². The van der Waals surface area contributed by atoms with Gasteiger partial charge >= 0.3 is 0 Å². The average molecular weight is 480 g/mol. The Hall–Kier alpha value is -3.84. The molecular formula is C29H26FN5O. The molecule has 1 saturated heterocycles. The van der Waals surface area contributed by atoms with E-state index in [4.69, 9.17) is 4.98 Å². The van der Waals surface area contributed by atoms with Crippen LogP contribution >= 0.6 is 0 Å². The van der Waals surface area contributed by atoms with E-state index in [0.717, 1.165) is 70.3 Å². The number of ketones is 1. The highest BCUT2D eigenvalue weighted by Gasteiger charge is 2.48. The lowest BCUT2D eigenvalue weighted by Crippen LogP contribution is -2.39. The zero-order chi connectivity index (χ0) is 24.3. The Morgan fingerprint density at radius 3 is 2.61 bits per heavy atom. The van der Waals surface area contributed by atoms with Crippen LogP contribution in [-0.2, 0) is 11.3 Å². The molecule has 1 atom stereocenters. The minimum absolute atomic E-state index is 0.173. The van der Waals surface area contributed by atoms with Crippen molar-refractivity contribution in [2.75, 3.05) is 13.1 Å². The molecule has 1 saturated carbocycles. The van der Waals surface area contributed by atoms with Crippen molar-refractivity contribution in [2.45, 2.75) is 25.8 Å². The van der Waals surface area contributed by atoms with E-state index in [0.29, 0.717) is 18.9 Å². The Kier molecular flexibility index (Phi) is 4.82. The van der Waals surface area contributed by atoms with Gasteiger partial charge in [-0.25, -0.2) is 9.37 Å². The van der Waals surface area contributed by atoms with E-state index in [2.05, 4.69) is 56.5 Å². The van der Waals surface area contributed by atoms with Gasteiger partial charge in [-0.3, -0.25) is 9.89 Å². The third-order valence-corrected chi connectivity index (χ3v) is 7.80. The summed E-state index contributed by atoms with van der Waals surface area (Å²) in [5.41, 5.74) is 5.14. The summed E-state index contributed by atoms with van der Waals surface area (Å²) in [4.78, 5) is 18.3. The van der Waals surface area contributed by atoms with Crippen molar-refractivity contribution in [3.63, 3.8) is 0 Å². The van der Waals surface area contributed by atoms with Crippen LogP contribution < -0.4 is 5.32 Å². The van der Waals surface area contributed by atoms with Crippen molar-refractivity contribution in [2.24, 2.45) is 11.3 Å². The lowest BCUT2D eigenvalue weighted by molar-refractivity contribution is -0.129. The molecule has 0 radical (unpaired) electrons.